The van der Waals surface area contributed by atoms with Crippen LogP contribution in [0.5, 0.6) is 0 Å². The summed E-state index contributed by atoms with van der Waals surface area (Å²) in [6.07, 6.45) is 4.92. The second-order valence-corrected chi connectivity index (χ2v) is 5.50. The molecule has 0 amide bonds. The molecule has 20 heavy (non-hydrogen) atoms. The van der Waals surface area contributed by atoms with Gasteiger partial charge in [0.05, 0.1) is 6.04 Å². The third-order valence-corrected chi connectivity index (χ3v) is 3.83. The van der Waals surface area contributed by atoms with Gasteiger partial charge >= 0.3 is 0 Å². The van der Waals surface area contributed by atoms with Crippen LogP contribution in [0.2, 0.25) is 0 Å². The Labute approximate surface area is 126 Å². The first-order chi connectivity index (χ1) is 9.65. The molecule has 3 N–H and O–H groups in total. The molecule has 5 heteroatoms. The molecule has 1 aromatic heterocycles. The van der Waals surface area contributed by atoms with Gasteiger partial charge in [-0.2, -0.15) is 0 Å². The van der Waals surface area contributed by atoms with Crippen LogP contribution in [0.3, 0.4) is 0 Å². The van der Waals surface area contributed by atoms with Gasteiger partial charge in [-0.05, 0) is 47.7 Å². The van der Waals surface area contributed by atoms with Gasteiger partial charge in [0.2, 0.25) is 0 Å². The highest BCUT2D eigenvalue weighted by Gasteiger charge is 2.16. The zero-order chi connectivity index (χ0) is 14.5. The van der Waals surface area contributed by atoms with Crippen molar-refractivity contribution < 1.29 is 4.39 Å². The number of aryl methyl sites for hydroxylation is 1. The van der Waals surface area contributed by atoms with Gasteiger partial charge in [-0.3, -0.25) is 16.3 Å². The van der Waals surface area contributed by atoms with E-state index in [0.717, 1.165) is 22.0 Å². The molecule has 0 saturated carbocycles. The Balaban J connectivity index is 2.29. The Morgan fingerprint density at radius 1 is 1.35 bits per heavy atom. The van der Waals surface area contributed by atoms with Crippen LogP contribution in [-0.2, 0) is 12.8 Å². The molecule has 0 spiro atoms. The third-order valence-electron chi connectivity index (χ3n) is 3.34. The maximum absolute atomic E-state index is 13.9. The van der Waals surface area contributed by atoms with Gasteiger partial charge in [0.1, 0.15) is 5.82 Å². The fraction of sp³-hybridized carbons (Fsp3) is 0.267. The molecule has 0 bridgehead atoms. The summed E-state index contributed by atoms with van der Waals surface area (Å²) in [4.78, 5) is 4.12. The van der Waals surface area contributed by atoms with Crippen molar-refractivity contribution in [1.29, 1.82) is 0 Å². The van der Waals surface area contributed by atoms with E-state index in [2.05, 4.69) is 33.3 Å². The minimum atomic E-state index is -0.230. The number of benzene rings is 1. The van der Waals surface area contributed by atoms with Crippen LogP contribution in [0.4, 0.5) is 4.39 Å². The minimum absolute atomic E-state index is 0.136. The molecule has 1 atom stereocenters. The molecule has 1 heterocycles. The molecular weight excluding hydrogens is 321 g/mol. The lowest BCUT2D eigenvalue weighted by Crippen LogP contribution is -2.30. The molecule has 1 unspecified atom stereocenters. The summed E-state index contributed by atoms with van der Waals surface area (Å²) < 4.78 is 14.7. The van der Waals surface area contributed by atoms with Gasteiger partial charge < -0.3 is 0 Å². The molecule has 1 aromatic carbocycles. The van der Waals surface area contributed by atoms with Gasteiger partial charge in [0, 0.05) is 16.9 Å². The fourth-order valence-electron chi connectivity index (χ4n) is 2.24. The van der Waals surface area contributed by atoms with E-state index in [4.69, 9.17) is 5.84 Å². The zero-order valence-electron chi connectivity index (χ0n) is 11.2. The largest absolute Gasteiger partial charge is 0.271 e. The van der Waals surface area contributed by atoms with E-state index in [1.165, 1.54) is 6.07 Å². The number of pyridine rings is 1. The maximum Gasteiger partial charge on any atom is 0.127 e. The summed E-state index contributed by atoms with van der Waals surface area (Å²) in [5, 5.41) is 0. The van der Waals surface area contributed by atoms with Crippen molar-refractivity contribution in [2.24, 2.45) is 5.84 Å². The maximum atomic E-state index is 13.9. The SMILES string of the molecule is CCc1cnccc1C(Cc1ccc(Br)cc1F)NN. The molecule has 0 saturated heterocycles. The van der Waals surface area contributed by atoms with Crippen LogP contribution in [-0.4, -0.2) is 4.98 Å². The van der Waals surface area contributed by atoms with Crippen LogP contribution in [0.25, 0.3) is 0 Å². The van der Waals surface area contributed by atoms with Crippen molar-refractivity contribution >= 4 is 15.9 Å². The van der Waals surface area contributed by atoms with E-state index in [1.807, 2.05) is 18.3 Å². The number of nitrogens with one attached hydrogen (secondary N) is 1. The average molecular weight is 338 g/mol. The number of aromatic nitrogens is 1. The Morgan fingerprint density at radius 3 is 2.80 bits per heavy atom. The van der Waals surface area contributed by atoms with Crippen molar-refractivity contribution in [1.82, 2.24) is 10.4 Å². The molecule has 0 aliphatic carbocycles. The molecular formula is C15H17BrFN3. The lowest BCUT2D eigenvalue weighted by Gasteiger charge is -2.19. The number of hydrazine groups is 1. The van der Waals surface area contributed by atoms with E-state index >= 15 is 0 Å². The smallest absolute Gasteiger partial charge is 0.127 e. The second-order valence-electron chi connectivity index (χ2n) is 4.59. The standard InChI is InChI=1S/C15H17BrFN3/c1-2-10-9-19-6-5-13(10)15(20-18)7-11-3-4-12(16)8-14(11)17/h3-6,8-9,15,20H,2,7,18H2,1H3. The van der Waals surface area contributed by atoms with Crippen LogP contribution in [0.1, 0.15) is 29.7 Å². The minimum Gasteiger partial charge on any atom is -0.271 e. The predicted molar refractivity (Wildman–Crippen MR) is 81.5 cm³/mol. The summed E-state index contributed by atoms with van der Waals surface area (Å²) >= 11 is 3.26. The van der Waals surface area contributed by atoms with E-state index in [9.17, 15) is 4.39 Å². The van der Waals surface area contributed by atoms with Crippen LogP contribution < -0.4 is 11.3 Å². The summed E-state index contributed by atoms with van der Waals surface area (Å²) in [5.41, 5.74) is 5.59. The summed E-state index contributed by atoms with van der Waals surface area (Å²) in [6, 6.07) is 6.87. The van der Waals surface area contributed by atoms with E-state index < -0.39 is 0 Å². The molecule has 0 aliphatic heterocycles. The summed E-state index contributed by atoms with van der Waals surface area (Å²) in [6.45, 7) is 2.06. The summed E-state index contributed by atoms with van der Waals surface area (Å²) in [7, 11) is 0. The van der Waals surface area contributed by atoms with E-state index in [-0.39, 0.29) is 11.9 Å². The topological polar surface area (TPSA) is 50.9 Å². The lowest BCUT2D eigenvalue weighted by molar-refractivity contribution is 0.525. The van der Waals surface area contributed by atoms with Crippen molar-refractivity contribution in [2.45, 2.75) is 25.8 Å². The molecule has 2 aromatic rings. The third kappa shape index (κ3) is 3.42. The molecule has 0 aliphatic rings. The first-order valence-electron chi connectivity index (χ1n) is 6.48. The summed E-state index contributed by atoms with van der Waals surface area (Å²) in [5.74, 6) is 5.42. The lowest BCUT2D eigenvalue weighted by atomic mass is 9.95. The molecule has 106 valence electrons. The van der Waals surface area contributed by atoms with Gasteiger partial charge in [0.15, 0.2) is 0 Å². The second kappa shape index (κ2) is 6.92. The monoisotopic (exact) mass is 337 g/mol. The van der Waals surface area contributed by atoms with Gasteiger partial charge in [-0.1, -0.05) is 28.9 Å². The Bertz CT molecular complexity index is 589. The Kier molecular flexibility index (Phi) is 5.23. The number of nitrogens with two attached hydrogens (primary N) is 1. The van der Waals surface area contributed by atoms with Crippen LogP contribution in [0.15, 0.2) is 41.1 Å². The van der Waals surface area contributed by atoms with Gasteiger partial charge in [-0.25, -0.2) is 4.39 Å². The highest BCUT2D eigenvalue weighted by Crippen LogP contribution is 2.24. The Hall–Kier alpha value is -1.30. The van der Waals surface area contributed by atoms with E-state index in [0.29, 0.717) is 12.0 Å². The number of hydrogen-bond donors (Lipinski definition) is 2. The molecule has 3 nitrogen and oxygen atoms in total. The van der Waals surface area contributed by atoms with Crippen molar-refractivity contribution in [3.8, 4) is 0 Å². The average Bonchev–Trinajstić information content (AvgIpc) is 2.46. The highest BCUT2D eigenvalue weighted by atomic mass is 79.9. The number of halogens is 2. The predicted octanol–water partition coefficient (Wildman–Crippen LogP) is 3.29. The normalized spacial score (nSPS) is 12.4. The zero-order valence-corrected chi connectivity index (χ0v) is 12.8. The molecule has 2 rings (SSSR count). The number of rotatable bonds is 5. The fourth-order valence-corrected chi connectivity index (χ4v) is 2.57. The van der Waals surface area contributed by atoms with Crippen molar-refractivity contribution in [2.75, 3.05) is 0 Å². The number of hydrogen-bond acceptors (Lipinski definition) is 3. The number of nitrogens with zero attached hydrogens (tertiary/aromatic N) is 1. The first kappa shape index (κ1) is 15.1. The Morgan fingerprint density at radius 2 is 2.15 bits per heavy atom. The van der Waals surface area contributed by atoms with Gasteiger partial charge in [0.25, 0.3) is 0 Å². The van der Waals surface area contributed by atoms with Crippen LogP contribution in [0, 0.1) is 5.82 Å². The van der Waals surface area contributed by atoms with Crippen molar-refractivity contribution in [3.63, 3.8) is 0 Å². The van der Waals surface area contributed by atoms with Crippen LogP contribution >= 0.6 is 15.9 Å². The molecule has 0 radical (unpaired) electrons. The highest BCUT2D eigenvalue weighted by molar-refractivity contribution is 9.10. The quantitative estimate of drug-likeness (QED) is 0.650. The van der Waals surface area contributed by atoms with E-state index in [1.54, 1.807) is 12.3 Å². The van der Waals surface area contributed by atoms with Gasteiger partial charge in [-0.15, -0.1) is 0 Å². The first-order valence-corrected chi connectivity index (χ1v) is 7.27. The molecule has 0 fully saturated rings. The van der Waals surface area contributed by atoms with Crippen molar-refractivity contribution in [3.05, 3.63) is 63.6 Å².